The standard InChI is InChI=1S/C14H13F2N/c15-14(16)8-13(17,9-14)12-6-5-10-3-1-2-4-11(10)7-12/h1-7H,8-9,17H2. The molecule has 0 saturated heterocycles. The van der Waals surface area contributed by atoms with Crippen LogP contribution >= 0.6 is 0 Å². The minimum absolute atomic E-state index is 0.252. The average Bonchev–Trinajstić information content (AvgIpc) is 2.25. The normalized spacial score (nSPS) is 21.1. The Morgan fingerprint density at radius 3 is 2.24 bits per heavy atom. The Hall–Kier alpha value is -1.48. The average molecular weight is 233 g/mol. The molecule has 0 amide bonds. The van der Waals surface area contributed by atoms with Crippen molar-refractivity contribution in [3.63, 3.8) is 0 Å². The van der Waals surface area contributed by atoms with Crippen LogP contribution in [0, 0.1) is 0 Å². The van der Waals surface area contributed by atoms with E-state index in [0.717, 1.165) is 16.3 Å². The lowest BCUT2D eigenvalue weighted by Gasteiger charge is -2.45. The molecule has 1 saturated carbocycles. The number of halogens is 2. The van der Waals surface area contributed by atoms with E-state index in [1.54, 1.807) is 0 Å². The van der Waals surface area contributed by atoms with Gasteiger partial charge >= 0.3 is 0 Å². The number of hydrogen-bond donors (Lipinski definition) is 1. The Morgan fingerprint density at radius 1 is 0.941 bits per heavy atom. The van der Waals surface area contributed by atoms with Crippen LogP contribution < -0.4 is 5.73 Å². The second kappa shape index (κ2) is 3.26. The number of hydrogen-bond acceptors (Lipinski definition) is 1. The van der Waals surface area contributed by atoms with Gasteiger partial charge in [-0.05, 0) is 22.4 Å². The largest absolute Gasteiger partial charge is 0.321 e. The number of alkyl halides is 2. The highest BCUT2D eigenvalue weighted by Gasteiger charge is 2.55. The SMILES string of the molecule is NC1(c2ccc3ccccc3c2)CC(F)(F)C1. The highest BCUT2D eigenvalue weighted by molar-refractivity contribution is 5.83. The van der Waals surface area contributed by atoms with E-state index >= 15 is 0 Å². The molecule has 2 aromatic rings. The lowest BCUT2D eigenvalue weighted by molar-refractivity contribution is -0.125. The van der Waals surface area contributed by atoms with Gasteiger partial charge in [-0.1, -0.05) is 36.4 Å². The predicted octanol–water partition coefficient (Wildman–Crippen LogP) is 3.42. The van der Waals surface area contributed by atoms with Gasteiger partial charge in [0.15, 0.2) is 0 Å². The summed E-state index contributed by atoms with van der Waals surface area (Å²) >= 11 is 0. The summed E-state index contributed by atoms with van der Waals surface area (Å²) in [5.41, 5.74) is 5.96. The molecule has 0 bridgehead atoms. The molecule has 3 rings (SSSR count). The Bertz CT molecular complexity index is 569. The zero-order valence-electron chi connectivity index (χ0n) is 9.29. The first-order valence-electron chi connectivity index (χ1n) is 5.65. The van der Waals surface area contributed by atoms with Crippen molar-refractivity contribution in [1.29, 1.82) is 0 Å². The van der Waals surface area contributed by atoms with Crippen LogP contribution in [0.5, 0.6) is 0 Å². The first-order chi connectivity index (χ1) is 7.99. The van der Waals surface area contributed by atoms with Gasteiger partial charge in [0.1, 0.15) is 0 Å². The van der Waals surface area contributed by atoms with E-state index in [0.29, 0.717) is 0 Å². The van der Waals surface area contributed by atoms with Crippen molar-refractivity contribution in [1.82, 2.24) is 0 Å². The topological polar surface area (TPSA) is 26.0 Å². The molecular weight excluding hydrogens is 220 g/mol. The van der Waals surface area contributed by atoms with Gasteiger partial charge in [-0.2, -0.15) is 0 Å². The summed E-state index contributed by atoms with van der Waals surface area (Å²) in [6.07, 6.45) is -0.503. The van der Waals surface area contributed by atoms with Gasteiger partial charge < -0.3 is 5.73 Å². The molecule has 0 unspecified atom stereocenters. The van der Waals surface area contributed by atoms with Crippen LogP contribution in [0.4, 0.5) is 8.78 Å². The summed E-state index contributed by atoms with van der Waals surface area (Å²) < 4.78 is 25.9. The molecule has 0 aliphatic heterocycles. The Labute approximate surface area is 98.2 Å². The third-order valence-corrected chi connectivity index (χ3v) is 3.47. The van der Waals surface area contributed by atoms with Crippen LogP contribution in [0.25, 0.3) is 10.8 Å². The van der Waals surface area contributed by atoms with Gasteiger partial charge in [-0.3, -0.25) is 0 Å². The van der Waals surface area contributed by atoms with E-state index in [1.165, 1.54) is 0 Å². The van der Waals surface area contributed by atoms with E-state index in [9.17, 15) is 8.78 Å². The Morgan fingerprint density at radius 2 is 1.59 bits per heavy atom. The van der Waals surface area contributed by atoms with Crippen molar-refractivity contribution < 1.29 is 8.78 Å². The van der Waals surface area contributed by atoms with E-state index in [1.807, 2.05) is 42.5 Å². The maximum atomic E-state index is 13.0. The van der Waals surface area contributed by atoms with E-state index in [-0.39, 0.29) is 12.8 Å². The zero-order chi connectivity index (χ0) is 12.1. The molecule has 0 heterocycles. The lowest BCUT2D eigenvalue weighted by Crippen LogP contribution is -2.55. The third-order valence-electron chi connectivity index (χ3n) is 3.47. The van der Waals surface area contributed by atoms with Crippen molar-refractivity contribution in [2.24, 2.45) is 5.73 Å². The number of benzene rings is 2. The number of fused-ring (bicyclic) bond motifs is 1. The lowest BCUT2D eigenvalue weighted by atomic mass is 9.69. The van der Waals surface area contributed by atoms with Gasteiger partial charge in [0.2, 0.25) is 0 Å². The summed E-state index contributed by atoms with van der Waals surface area (Å²) in [5, 5.41) is 2.15. The van der Waals surface area contributed by atoms with E-state index < -0.39 is 11.5 Å². The van der Waals surface area contributed by atoms with Crippen LogP contribution in [0.3, 0.4) is 0 Å². The molecule has 0 aromatic heterocycles. The molecule has 1 nitrogen and oxygen atoms in total. The summed E-state index contributed by atoms with van der Waals surface area (Å²) in [5.74, 6) is -2.60. The van der Waals surface area contributed by atoms with E-state index in [4.69, 9.17) is 5.73 Å². The summed E-state index contributed by atoms with van der Waals surface area (Å²) in [4.78, 5) is 0. The quantitative estimate of drug-likeness (QED) is 0.802. The first-order valence-corrected chi connectivity index (χ1v) is 5.65. The van der Waals surface area contributed by atoms with Crippen molar-refractivity contribution in [3.8, 4) is 0 Å². The monoisotopic (exact) mass is 233 g/mol. The smallest absolute Gasteiger partial charge is 0.252 e. The fraction of sp³-hybridized carbons (Fsp3) is 0.286. The molecule has 2 aromatic carbocycles. The fourth-order valence-electron chi connectivity index (χ4n) is 2.57. The second-order valence-corrected chi connectivity index (χ2v) is 4.93. The van der Waals surface area contributed by atoms with Gasteiger partial charge in [-0.25, -0.2) is 8.78 Å². The second-order valence-electron chi connectivity index (χ2n) is 4.93. The maximum absolute atomic E-state index is 13.0. The van der Waals surface area contributed by atoms with Crippen LogP contribution in [0.1, 0.15) is 18.4 Å². The van der Waals surface area contributed by atoms with Gasteiger partial charge in [0.25, 0.3) is 5.92 Å². The highest BCUT2D eigenvalue weighted by atomic mass is 19.3. The van der Waals surface area contributed by atoms with Crippen molar-refractivity contribution >= 4 is 10.8 Å². The molecule has 17 heavy (non-hydrogen) atoms. The number of rotatable bonds is 1. The maximum Gasteiger partial charge on any atom is 0.252 e. The van der Waals surface area contributed by atoms with E-state index in [2.05, 4.69) is 0 Å². The van der Waals surface area contributed by atoms with Gasteiger partial charge in [-0.15, -0.1) is 0 Å². The fourth-order valence-corrected chi connectivity index (χ4v) is 2.57. The third kappa shape index (κ3) is 1.71. The molecule has 0 spiro atoms. The molecule has 88 valence electrons. The van der Waals surface area contributed by atoms with Crippen LogP contribution in [0.15, 0.2) is 42.5 Å². The van der Waals surface area contributed by atoms with Crippen LogP contribution in [-0.4, -0.2) is 5.92 Å². The molecule has 1 fully saturated rings. The predicted molar refractivity (Wildman–Crippen MR) is 64.0 cm³/mol. The molecule has 0 atom stereocenters. The van der Waals surface area contributed by atoms with Crippen molar-refractivity contribution in [2.45, 2.75) is 24.3 Å². The highest BCUT2D eigenvalue weighted by Crippen LogP contribution is 2.50. The number of nitrogens with two attached hydrogens (primary N) is 1. The van der Waals surface area contributed by atoms with Gasteiger partial charge in [0.05, 0.1) is 5.54 Å². The molecule has 1 aliphatic rings. The summed E-state index contributed by atoms with van der Waals surface area (Å²) in [6.45, 7) is 0. The Kier molecular flexibility index (Phi) is 2.05. The zero-order valence-corrected chi connectivity index (χ0v) is 9.29. The molecule has 2 N–H and O–H groups in total. The molecule has 0 radical (unpaired) electrons. The molecule has 1 aliphatic carbocycles. The van der Waals surface area contributed by atoms with Crippen LogP contribution in [0.2, 0.25) is 0 Å². The summed E-state index contributed by atoms with van der Waals surface area (Å²) in [6, 6.07) is 13.6. The van der Waals surface area contributed by atoms with Crippen LogP contribution in [-0.2, 0) is 5.54 Å². The minimum Gasteiger partial charge on any atom is -0.321 e. The van der Waals surface area contributed by atoms with Crippen molar-refractivity contribution in [3.05, 3.63) is 48.0 Å². The van der Waals surface area contributed by atoms with Crippen molar-refractivity contribution in [2.75, 3.05) is 0 Å². The molecule has 3 heteroatoms. The minimum atomic E-state index is -2.60. The molecular formula is C14H13F2N. The Balaban J connectivity index is 2.02. The van der Waals surface area contributed by atoms with Gasteiger partial charge in [0, 0.05) is 12.8 Å². The summed E-state index contributed by atoms with van der Waals surface area (Å²) in [7, 11) is 0. The first kappa shape index (κ1) is 10.7.